The van der Waals surface area contributed by atoms with E-state index in [9.17, 15) is 9.59 Å². The van der Waals surface area contributed by atoms with Crippen LogP contribution in [0.3, 0.4) is 0 Å². The van der Waals surface area contributed by atoms with Crippen molar-refractivity contribution in [1.29, 1.82) is 0 Å². The van der Waals surface area contributed by atoms with Crippen LogP contribution in [0.4, 0.5) is 0 Å². The molecule has 0 fully saturated rings. The molecule has 0 unspecified atom stereocenters. The predicted molar refractivity (Wildman–Crippen MR) is 132 cm³/mol. The van der Waals surface area contributed by atoms with Crippen molar-refractivity contribution < 1.29 is 4.79 Å². The van der Waals surface area contributed by atoms with Gasteiger partial charge in [-0.25, -0.2) is 4.98 Å². The number of aromatic nitrogens is 2. The van der Waals surface area contributed by atoms with Gasteiger partial charge in [0.25, 0.3) is 5.56 Å². The lowest BCUT2D eigenvalue weighted by molar-refractivity contribution is -0.119. The molecule has 0 saturated carbocycles. The van der Waals surface area contributed by atoms with Crippen molar-refractivity contribution in [3.05, 3.63) is 56.2 Å². The van der Waals surface area contributed by atoms with E-state index < -0.39 is 0 Å². The smallest absolute Gasteiger partial charge is 0.263 e. The molecule has 166 valence electrons. The van der Waals surface area contributed by atoms with Gasteiger partial charge in [-0.3, -0.25) is 14.2 Å². The number of carbonyl (C=O) groups is 1. The Morgan fingerprint density at radius 2 is 1.94 bits per heavy atom. The lowest BCUT2D eigenvalue weighted by Gasteiger charge is -2.14. The first-order valence-corrected chi connectivity index (χ1v) is 12.6. The maximum absolute atomic E-state index is 13.5. The lowest BCUT2D eigenvalue weighted by Crippen LogP contribution is -2.34. The highest BCUT2D eigenvalue weighted by Crippen LogP contribution is 2.29. The number of amides is 1. The van der Waals surface area contributed by atoms with Gasteiger partial charge in [0.15, 0.2) is 5.16 Å². The molecule has 0 aliphatic heterocycles. The summed E-state index contributed by atoms with van der Waals surface area (Å²) >= 11 is 2.92. The number of nitrogens with one attached hydrogen (secondary N) is 1. The fourth-order valence-electron chi connectivity index (χ4n) is 3.66. The van der Waals surface area contributed by atoms with Gasteiger partial charge in [0.05, 0.1) is 17.7 Å². The highest BCUT2D eigenvalue weighted by molar-refractivity contribution is 7.99. The number of rotatable bonds is 9. The van der Waals surface area contributed by atoms with Crippen molar-refractivity contribution in [2.24, 2.45) is 0 Å². The molecule has 0 radical (unpaired) electrons. The minimum atomic E-state index is -0.0289. The second kappa shape index (κ2) is 10.5. The Bertz CT molecular complexity index is 1120. The highest BCUT2D eigenvalue weighted by atomic mass is 32.2. The molecule has 3 rings (SSSR count). The summed E-state index contributed by atoms with van der Waals surface area (Å²) in [5, 5.41) is 4.33. The molecule has 7 heteroatoms. The van der Waals surface area contributed by atoms with Crippen LogP contribution in [0.15, 0.2) is 34.2 Å². The van der Waals surface area contributed by atoms with E-state index in [1.165, 1.54) is 22.2 Å². The first-order valence-electron chi connectivity index (χ1n) is 10.8. The van der Waals surface area contributed by atoms with Gasteiger partial charge in [-0.15, -0.1) is 11.3 Å². The minimum Gasteiger partial charge on any atom is -0.353 e. The molecular weight excluding hydrogens is 426 g/mol. The van der Waals surface area contributed by atoms with Crippen molar-refractivity contribution in [1.82, 2.24) is 14.9 Å². The Hall–Kier alpha value is -2.12. The number of aryl methyl sites for hydroxylation is 3. The molecule has 0 aliphatic carbocycles. The molecule has 1 amide bonds. The summed E-state index contributed by atoms with van der Waals surface area (Å²) in [6.07, 6.45) is 2.86. The fourth-order valence-corrected chi connectivity index (χ4v) is 5.63. The Balaban J connectivity index is 1.96. The number of thioether (sulfide) groups is 1. The molecule has 0 spiro atoms. The van der Waals surface area contributed by atoms with Crippen LogP contribution in [0.1, 0.15) is 55.2 Å². The Kier molecular flexibility index (Phi) is 7.94. The van der Waals surface area contributed by atoms with Crippen molar-refractivity contribution >= 4 is 39.2 Å². The molecule has 2 heterocycles. The number of carbonyl (C=O) groups excluding carboxylic acids is 1. The van der Waals surface area contributed by atoms with E-state index in [-0.39, 0.29) is 23.3 Å². The zero-order chi connectivity index (χ0) is 22.5. The summed E-state index contributed by atoms with van der Waals surface area (Å²) in [5.41, 5.74) is 3.22. The van der Waals surface area contributed by atoms with Crippen LogP contribution >= 0.6 is 23.1 Å². The second-order valence-corrected chi connectivity index (χ2v) is 10.0. The lowest BCUT2D eigenvalue weighted by atomic mass is 10.1. The van der Waals surface area contributed by atoms with Crippen LogP contribution < -0.4 is 10.9 Å². The number of hydrogen-bond donors (Lipinski definition) is 1. The maximum atomic E-state index is 13.5. The molecule has 2 aromatic heterocycles. The highest BCUT2D eigenvalue weighted by Gasteiger charge is 2.19. The van der Waals surface area contributed by atoms with Gasteiger partial charge in [-0.2, -0.15) is 0 Å². The summed E-state index contributed by atoms with van der Waals surface area (Å²) in [7, 11) is 0. The zero-order valence-corrected chi connectivity index (χ0v) is 20.6. The van der Waals surface area contributed by atoms with Crippen molar-refractivity contribution in [3.63, 3.8) is 0 Å². The van der Waals surface area contributed by atoms with E-state index >= 15 is 0 Å². The van der Waals surface area contributed by atoms with Crippen LogP contribution in [0, 0.1) is 13.8 Å². The third kappa shape index (κ3) is 5.57. The maximum Gasteiger partial charge on any atom is 0.263 e. The molecule has 3 aromatic rings. The van der Waals surface area contributed by atoms with Crippen molar-refractivity contribution in [2.45, 2.75) is 71.6 Å². The van der Waals surface area contributed by atoms with E-state index in [0.29, 0.717) is 17.1 Å². The summed E-state index contributed by atoms with van der Waals surface area (Å²) in [6, 6.07) is 8.32. The van der Waals surface area contributed by atoms with Crippen LogP contribution in [0.5, 0.6) is 0 Å². The molecule has 1 aromatic carbocycles. The fraction of sp³-hybridized carbons (Fsp3) is 0.458. The Morgan fingerprint density at radius 1 is 1.23 bits per heavy atom. The number of benzene rings is 1. The molecule has 5 nitrogen and oxygen atoms in total. The van der Waals surface area contributed by atoms with E-state index in [0.717, 1.165) is 35.2 Å². The quantitative estimate of drug-likeness (QED) is 0.359. The minimum absolute atomic E-state index is 0.0266. The SMILES string of the molecule is CCC[C@H](C)NC(=O)CSc1nc2sc(CC)c(C)c2c(=O)n1Cc1ccc(C)cc1. The standard InChI is InChI=1S/C24H31N3O2S2/c1-6-8-16(4)25-20(28)14-30-24-26-22-21(17(5)19(7-2)31-22)23(29)27(24)13-18-11-9-15(3)10-12-18/h9-12,16H,6-8,13-14H2,1-5H3,(H,25,28)/t16-/m0/s1. The van der Waals surface area contributed by atoms with Crippen LogP contribution in [0.25, 0.3) is 10.2 Å². The number of thiophene rings is 1. The van der Waals surface area contributed by atoms with E-state index in [1.807, 2.05) is 45.0 Å². The monoisotopic (exact) mass is 457 g/mol. The summed E-state index contributed by atoms with van der Waals surface area (Å²) in [5.74, 6) is 0.212. The predicted octanol–water partition coefficient (Wildman–Crippen LogP) is 5.08. The molecule has 1 N–H and O–H groups in total. The van der Waals surface area contributed by atoms with Gasteiger partial charge in [-0.1, -0.05) is 61.9 Å². The van der Waals surface area contributed by atoms with E-state index in [4.69, 9.17) is 4.98 Å². The van der Waals surface area contributed by atoms with Gasteiger partial charge in [0, 0.05) is 10.9 Å². The van der Waals surface area contributed by atoms with Crippen LogP contribution in [0.2, 0.25) is 0 Å². The molecular formula is C24H31N3O2S2. The van der Waals surface area contributed by atoms with Crippen LogP contribution in [-0.4, -0.2) is 27.3 Å². The van der Waals surface area contributed by atoms with Gasteiger partial charge >= 0.3 is 0 Å². The van der Waals surface area contributed by atoms with Gasteiger partial charge in [0.1, 0.15) is 4.83 Å². The van der Waals surface area contributed by atoms with E-state index in [1.54, 1.807) is 15.9 Å². The van der Waals surface area contributed by atoms with Gasteiger partial charge in [-0.05, 0) is 44.7 Å². The topological polar surface area (TPSA) is 64.0 Å². The number of hydrogen-bond acceptors (Lipinski definition) is 5. The third-order valence-corrected chi connectivity index (χ3v) is 7.66. The zero-order valence-electron chi connectivity index (χ0n) is 18.9. The third-order valence-electron chi connectivity index (χ3n) is 5.36. The van der Waals surface area contributed by atoms with E-state index in [2.05, 4.69) is 19.2 Å². The van der Waals surface area contributed by atoms with Gasteiger partial charge < -0.3 is 5.32 Å². The molecule has 1 atom stereocenters. The van der Waals surface area contributed by atoms with Gasteiger partial charge in [0.2, 0.25) is 5.91 Å². The average molecular weight is 458 g/mol. The Labute approximate surface area is 192 Å². The summed E-state index contributed by atoms with van der Waals surface area (Å²) in [4.78, 5) is 32.7. The average Bonchev–Trinajstić information content (AvgIpc) is 3.06. The number of fused-ring (bicyclic) bond motifs is 1. The molecule has 31 heavy (non-hydrogen) atoms. The Morgan fingerprint density at radius 3 is 2.58 bits per heavy atom. The first-order chi connectivity index (χ1) is 14.8. The molecule has 0 aliphatic rings. The molecule has 0 bridgehead atoms. The van der Waals surface area contributed by atoms with Crippen molar-refractivity contribution in [3.8, 4) is 0 Å². The van der Waals surface area contributed by atoms with Crippen molar-refractivity contribution in [2.75, 3.05) is 5.75 Å². The first kappa shape index (κ1) is 23.5. The number of nitrogens with zero attached hydrogens (tertiary/aromatic N) is 2. The summed E-state index contributed by atoms with van der Waals surface area (Å²) < 4.78 is 1.72. The second-order valence-electron chi connectivity index (χ2n) is 8.00. The normalized spacial score (nSPS) is 12.3. The summed E-state index contributed by atoms with van der Waals surface area (Å²) in [6.45, 7) is 10.7. The van der Waals surface area contributed by atoms with Crippen LogP contribution in [-0.2, 0) is 17.8 Å². The largest absolute Gasteiger partial charge is 0.353 e. The molecule has 0 saturated heterocycles.